The lowest BCUT2D eigenvalue weighted by atomic mass is 9.89. The number of methoxy groups -OCH3 is 1. The number of nitrogens with zero attached hydrogens (tertiary/aromatic N) is 1. The van der Waals surface area contributed by atoms with Gasteiger partial charge in [0.25, 0.3) is 0 Å². The van der Waals surface area contributed by atoms with E-state index in [-0.39, 0.29) is 5.82 Å². The molecular formula is C15H23FN2O. The van der Waals surface area contributed by atoms with Crippen LogP contribution < -0.4 is 10.1 Å². The van der Waals surface area contributed by atoms with Crippen LogP contribution in [0.1, 0.15) is 20.3 Å². The first-order chi connectivity index (χ1) is 9.01. The normalized spacial score (nSPS) is 28.2. The third kappa shape index (κ3) is 3.18. The van der Waals surface area contributed by atoms with Gasteiger partial charge in [0.2, 0.25) is 0 Å². The Kier molecular flexibility index (Phi) is 4.30. The molecule has 0 amide bonds. The van der Waals surface area contributed by atoms with Crippen molar-refractivity contribution in [3.05, 3.63) is 24.0 Å². The number of benzene rings is 1. The Morgan fingerprint density at radius 1 is 1.37 bits per heavy atom. The smallest absolute Gasteiger partial charge is 0.146 e. The molecule has 0 bridgehead atoms. The second-order valence-electron chi connectivity index (χ2n) is 5.60. The number of hydrogen-bond acceptors (Lipinski definition) is 3. The summed E-state index contributed by atoms with van der Waals surface area (Å²) in [6.07, 6.45) is 1.02. The molecule has 2 rings (SSSR count). The molecule has 4 heteroatoms. The van der Waals surface area contributed by atoms with E-state index in [2.05, 4.69) is 31.1 Å². The number of likely N-dealkylation sites (tertiary alicyclic amines) is 1. The summed E-state index contributed by atoms with van der Waals surface area (Å²) in [5, 5.41) is 3.34. The van der Waals surface area contributed by atoms with Gasteiger partial charge < -0.3 is 15.0 Å². The molecule has 1 N–H and O–H groups in total. The van der Waals surface area contributed by atoms with E-state index in [1.54, 1.807) is 19.2 Å². The van der Waals surface area contributed by atoms with Crippen molar-refractivity contribution in [3.8, 4) is 5.75 Å². The van der Waals surface area contributed by atoms with Gasteiger partial charge in [0.15, 0.2) is 0 Å². The van der Waals surface area contributed by atoms with Crippen LogP contribution in [-0.4, -0.2) is 37.7 Å². The van der Waals surface area contributed by atoms with Crippen molar-refractivity contribution in [1.29, 1.82) is 0 Å². The number of piperidine rings is 1. The zero-order chi connectivity index (χ0) is 14.0. The van der Waals surface area contributed by atoms with Gasteiger partial charge >= 0.3 is 0 Å². The predicted molar refractivity (Wildman–Crippen MR) is 76.2 cm³/mol. The van der Waals surface area contributed by atoms with E-state index in [1.165, 1.54) is 6.07 Å². The molecule has 0 radical (unpaired) electrons. The third-order valence-electron chi connectivity index (χ3n) is 4.12. The second kappa shape index (κ2) is 5.78. The monoisotopic (exact) mass is 266 g/mol. The number of rotatable bonds is 3. The van der Waals surface area contributed by atoms with E-state index < -0.39 is 0 Å². The minimum Gasteiger partial charge on any atom is -0.497 e. The Morgan fingerprint density at radius 2 is 2.11 bits per heavy atom. The summed E-state index contributed by atoms with van der Waals surface area (Å²) in [4.78, 5) is 2.35. The fraction of sp³-hybridized carbons (Fsp3) is 0.600. The van der Waals surface area contributed by atoms with E-state index in [0.717, 1.165) is 13.0 Å². The van der Waals surface area contributed by atoms with Crippen LogP contribution in [0.4, 0.5) is 10.1 Å². The molecule has 1 saturated heterocycles. The van der Waals surface area contributed by atoms with Gasteiger partial charge in [0, 0.05) is 24.7 Å². The van der Waals surface area contributed by atoms with Crippen molar-refractivity contribution in [2.45, 2.75) is 32.4 Å². The fourth-order valence-electron chi connectivity index (χ4n) is 2.68. The molecule has 1 aliphatic heterocycles. The highest BCUT2D eigenvalue weighted by molar-refractivity contribution is 5.50. The Balaban J connectivity index is 2.12. The van der Waals surface area contributed by atoms with Crippen LogP contribution in [0.15, 0.2) is 18.2 Å². The van der Waals surface area contributed by atoms with Gasteiger partial charge in [-0.05, 0) is 38.4 Å². The molecular weight excluding hydrogens is 243 g/mol. The molecule has 0 saturated carbocycles. The molecule has 106 valence electrons. The van der Waals surface area contributed by atoms with Crippen LogP contribution in [0.5, 0.6) is 5.75 Å². The third-order valence-corrected chi connectivity index (χ3v) is 4.12. The maximum Gasteiger partial charge on any atom is 0.146 e. The number of halogens is 1. The van der Waals surface area contributed by atoms with Crippen molar-refractivity contribution in [1.82, 2.24) is 4.90 Å². The maximum atomic E-state index is 13.8. The Bertz CT molecular complexity index is 438. The van der Waals surface area contributed by atoms with Gasteiger partial charge in [-0.25, -0.2) is 4.39 Å². The summed E-state index contributed by atoms with van der Waals surface area (Å²) in [5.41, 5.74) is 0.535. The van der Waals surface area contributed by atoms with E-state index >= 15 is 0 Å². The number of hydrogen-bond donors (Lipinski definition) is 1. The first-order valence-electron chi connectivity index (χ1n) is 6.81. The van der Waals surface area contributed by atoms with Gasteiger partial charge in [-0.1, -0.05) is 6.92 Å². The zero-order valence-electron chi connectivity index (χ0n) is 12.1. The van der Waals surface area contributed by atoms with Crippen LogP contribution in [0.25, 0.3) is 0 Å². The van der Waals surface area contributed by atoms with Gasteiger partial charge in [0.05, 0.1) is 12.8 Å². The quantitative estimate of drug-likeness (QED) is 0.910. The molecule has 19 heavy (non-hydrogen) atoms. The summed E-state index contributed by atoms with van der Waals surface area (Å²) in [5.74, 6) is 0.948. The molecule has 0 aromatic heterocycles. The molecule has 3 nitrogen and oxygen atoms in total. The SMILES string of the molecule is COc1ccc(F)c(NC2CC(C)N(C)CC2C)c1. The molecule has 1 aromatic rings. The van der Waals surface area contributed by atoms with Crippen molar-refractivity contribution in [2.24, 2.45) is 5.92 Å². The number of anilines is 1. The van der Waals surface area contributed by atoms with Crippen LogP contribution in [0.3, 0.4) is 0 Å². The molecule has 1 fully saturated rings. The van der Waals surface area contributed by atoms with Crippen molar-refractivity contribution in [3.63, 3.8) is 0 Å². The zero-order valence-corrected chi connectivity index (χ0v) is 12.1. The highest BCUT2D eigenvalue weighted by Crippen LogP contribution is 2.27. The lowest BCUT2D eigenvalue weighted by Crippen LogP contribution is -2.48. The summed E-state index contributed by atoms with van der Waals surface area (Å²) >= 11 is 0. The standard InChI is InChI=1S/C15H23FN2O/c1-10-9-18(3)11(2)7-14(10)17-15-8-12(19-4)5-6-13(15)16/h5-6,8,10-11,14,17H,7,9H2,1-4H3. The molecule has 3 unspecified atom stereocenters. The molecule has 1 aromatic carbocycles. The predicted octanol–water partition coefficient (Wildman–Crippen LogP) is 2.97. The minimum atomic E-state index is -0.223. The van der Waals surface area contributed by atoms with Crippen molar-refractivity contribution >= 4 is 5.69 Å². The summed E-state index contributed by atoms with van der Waals surface area (Å²) in [6.45, 7) is 5.45. The lowest BCUT2D eigenvalue weighted by molar-refractivity contribution is 0.145. The highest BCUT2D eigenvalue weighted by Gasteiger charge is 2.29. The van der Waals surface area contributed by atoms with Gasteiger partial charge in [0.1, 0.15) is 11.6 Å². The molecule has 1 aliphatic rings. The Morgan fingerprint density at radius 3 is 2.79 bits per heavy atom. The van der Waals surface area contributed by atoms with Crippen molar-refractivity contribution in [2.75, 3.05) is 26.0 Å². The van der Waals surface area contributed by atoms with E-state index in [0.29, 0.717) is 29.4 Å². The van der Waals surface area contributed by atoms with E-state index in [1.807, 2.05) is 0 Å². The maximum absolute atomic E-state index is 13.8. The second-order valence-corrected chi connectivity index (χ2v) is 5.60. The average molecular weight is 266 g/mol. The fourth-order valence-corrected chi connectivity index (χ4v) is 2.68. The van der Waals surface area contributed by atoms with E-state index in [9.17, 15) is 4.39 Å². The number of nitrogens with one attached hydrogen (secondary N) is 1. The molecule has 1 heterocycles. The molecule has 0 aliphatic carbocycles. The summed E-state index contributed by atoms with van der Waals surface area (Å²) < 4.78 is 19.0. The van der Waals surface area contributed by atoms with Crippen LogP contribution in [-0.2, 0) is 0 Å². The van der Waals surface area contributed by atoms with Crippen molar-refractivity contribution < 1.29 is 9.13 Å². The topological polar surface area (TPSA) is 24.5 Å². The average Bonchev–Trinajstić information content (AvgIpc) is 2.38. The van der Waals surface area contributed by atoms with Gasteiger partial charge in [-0.3, -0.25) is 0 Å². The van der Waals surface area contributed by atoms with Crippen LogP contribution in [0, 0.1) is 11.7 Å². The summed E-state index contributed by atoms with van der Waals surface area (Å²) in [6, 6.07) is 5.63. The Hall–Kier alpha value is -1.29. The lowest BCUT2D eigenvalue weighted by Gasteiger charge is -2.40. The number of ether oxygens (including phenoxy) is 1. The van der Waals surface area contributed by atoms with E-state index in [4.69, 9.17) is 4.74 Å². The largest absolute Gasteiger partial charge is 0.497 e. The Labute approximate surface area is 114 Å². The van der Waals surface area contributed by atoms with Gasteiger partial charge in [-0.2, -0.15) is 0 Å². The minimum absolute atomic E-state index is 0.223. The van der Waals surface area contributed by atoms with Crippen LogP contribution >= 0.6 is 0 Å². The highest BCUT2D eigenvalue weighted by atomic mass is 19.1. The summed E-state index contributed by atoms with van der Waals surface area (Å²) in [7, 11) is 3.74. The first kappa shape index (κ1) is 14.1. The van der Waals surface area contributed by atoms with Crippen LogP contribution in [0.2, 0.25) is 0 Å². The molecule has 0 spiro atoms. The van der Waals surface area contributed by atoms with Gasteiger partial charge in [-0.15, -0.1) is 0 Å². The molecule has 3 atom stereocenters. The first-order valence-corrected chi connectivity index (χ1v) is 6.81.